The number of unbranched alkanes of at least 4 members (excludes halogenated alkanes) is 11. The Morgan fingerprint density at radius 1 is 0.941 bits per heavy atom. The van der Waals surface area contributed by atoms with Gasteiger partial charge in [0.05, 0.1) is 12.2 Å². The van der Waals surface area contributed by atoms with Gasteiger partial charge in [0.25, 0.3) is 0 Å². The van der Waals surface area contributed by atoms with Gasteiger partial charge in [0.1, 0.15) is 11.4 Å². The lowest BCUT2D eigenvalue weighted by Gasteiger charge is -2.15. The first kappa shape index (κ1) is 26.1. The number of carbonyl (C=O) groups excluding carboxylic acids is 1. The Labute approximate surface area is 208 Å². The van der Waals surface area contributed by atoms with E-state index >= 15 is 0 Å². The molecule has 0 saturated carbocycles. The molecule has 0 fully saturated rings. The molecule has 3 rings (SSSR count). The van der Waals surface area contributed by atoms with Crippen molar-refractivity contribution in [2.24, 2.45) is 0 Å². The molecule has 0 radical (unpaired) electrons. The summed E-state index contributed by atoms with van der Waals surface area (Å²) < 4.78 is 5.59. The van der Waals surface area contributed by atoms with Crippen LogP contribution >= 0.6 is 11.3 Å². The summed E-state index contributed by atoms with van der Waals surface area (Å²) in [7, 11) is 0. The first-order chi connectivity index (χ1) is 16.7. The molecule has 184 valence electrons. The van der Waals surface area contributed by atoms with Crippen molar-refractivity contribution in [3.63, 3.8) is 0 Å². The molecule has 34 heavy (non-hydrogen) atoms. The third kappa shape index (κ3) is 8.08. The molecule has 1 unspecified atom stereocenters. The number of hydrogen-bond donors (Lipinski definition) is 1. The van der Waals surface area contributed by atoms with Gasteiger partial charge in [-0.25, -0.2) is 4.98 Å². The largest absolute Gasteiger partial charge is 0.463 e. The van der Waals surface area contributed by atoms with Crippen LogP contribution < -0.4 is 5.73 Å². The van der Waals surface area contributed by atoms with Crippen LogP contribution in [0.5, 0.6) is 0 Å². The molecule has 0 saturated heterocycles. The van der Waals surface area contributed by atoms with Gasteiger partial charge in [-0.05, 0) is 30.7 Å². The Bertz CT molecular complexity index is 953. The van der Waals surface area contributed by atoms with Crippen LogP contribution in [0.3, 0.4) is 0 Å². The van der Waals surface area contributed by atoms with E-state index < -0.39 is 0 Å². The molecule has 2 N–H and O–H groups in total. The van der Waals surface area contributed by atoms with Gasteiger partial charge >= 0.3 is 0 Å². The van der Waals surface area contributed by atoms with Gasteiger partial charge in [-0.15, -0.1) is 11.3 Å². The van der Waals surface area contributed by atoms with Gasteiger partial charge in [-0.2, -0.15) is 0 Å². The average molecular weight is 482 g/mol. The number of ketones is 1. The second-order valence-corrected chi connectivity index (χ2v) is 10.1. The zero-order chi connectivity index (χ0) is 24.0. The Balaban J connectivity index is 1.52. The summed E-state index contributed by atoms with van der Waals surface area (Å²) >= 11 is 1.39. The minimum absolute atomic E-state index is 0.0279. The molecule has 1 atom stereocenters. The van der Waals surface area contributed by atoms with Crippen molar-refractivity contribution in [3.05, 3.63) is 53.4 Å². The van der Waals surface area contributed by atoms with Crippen LogP contribution in [0, 0.1) is 0 Å². The van der Waals surface area contributed by atoms with E-state index in [1.54, 1.807) is 18.5 Å². The summed E-state index contributed by atoms with van der Waals surface area (Å²) in [6, 6.07) is 9.17. The lowest BCUT2D eigenvalue weighted by Crippen LogP contribution is -2.14. The number of nitrogens with two attached hydrogens (primary N) is 1. The maximum absolute atomic E-state index is 13.5. The summed E-state index contributed by atoms with van der Waals surface area (Å²) in [6.45, 7) is 2.27. The van der Waals surface area contributed by atoms with E-state index in [2.05, 4.69) is 16.9 Å². The van der Waals surface area contributed by atoms with Crippen LogP contribution in [0.25, 0.3) is 11.5 Å². The summed E-state index contributed by atoms with van der Waals surface area (Å²) in [4.78, 5) is 23.1. The fourth-order valence-electron chi connectivity index (χ4n) is 4.43. The summed E-state index contributed by atoms with van der Waals surface area (Å²) in [6.07, 6.45) is 19.6. The Morgan fingerprint density at radius 3 is 2.21 bits per heavy atom. The third-order valence-electron chi connectivity index (χ3n) is 6.32. The molecule has 6 heteroatoms. The normalized spacial score (nSPS) is 12.1. The first-order valence-corrected chi connectivity index (χ1v) is 13.8. The number of carbonyl (C=O) groups is 1. The number of nitrogen functional groups attached to an aromatic ring is 1. The highest BCUT2D eigenvalue weighted by Gasteiger charge is 2.29. The van der Waals surface area contributed by atoms with E-state index in [0.717, 1.165) is 24.1 Å². The molecule has 3 heterocycles. The number of aromatic nitrogens is 2. The zero-order valence-electron chi connectivity index (χ0n) is 20.5. The third-order valence-corrected chi connectivity index (χ3v) is 7.32. The maximum atomic E-state index is 13.5. The standard InChI is InChI=1S/C28H39N3O2S/c1-2-3-4-5-6-7-8-9-10-11-12-13-17-22(26(32)23-18-14-15-20-30-23)27-25(31-28(29)34-27)24-19-16-21-33-24/h14-16,18-22H,2-13,17H2,1H3,(H2,29,31). The molecule has 0 aliphatic carbocycles. The van der Waals surface area contributed by atoms with Gasteiger partial charge < -0.3 is 10.2 Å². The predicted molar refractivity (Wildman–Crippen MR) is 141 cm³/mol. The first-order valence-electron chi connectivity index (χ1n) is 13.0. The van der Waals surface area contributed by atoms with Crippen LogP contribution in [0.4, 0.5) is 5.13 Å². The highest BCUT2D eigenvalue weighted by atomic mass is 32.1. The maximum Gasteiger partial charge on any atom is 0.189 e. The number of hydrogen-bond acceptors (Lipinski definition) is 6. The van der Waals surface area contributed by atoms with Crippen molar-refractivity contribution in [2.45, 2.75) is 96.3 Å². The van der Waals surface area contributed by atoms with Crippen LogP contribution in [0.2, 0.25) is 0 Å². The molecule has 0 aliphatic rings. The van der Waals surface area contributed by atoms with Gasteiger partial charge in [-0.3, -0.25) is 9.78 Å². The number of pyridine rings is 1. The van der Waals surface area contributed by atoms with Crippen molar-refractivity contribution in [2.75, 3.05) is 5.73 Å². The lowest BCUT2D eigenvalue weighted by molar-refractivity contribution is 0.0950. The topological polar surface area (TPSA) is 82.0 Å². The van der Waals surface area contributed by atoms with E-state index in [-0.39, 0.29) is 11.7 Å². The van der Waals surface area contributed by atoms with Gasteiger partial charge in [0.15, 0.2) is 16.7 Å². The van der Waals surface area contributed by atoms with Gasteiger partial charge in [0, 0.05) is 11.1 Å². The minimum atomic E-state index is -0.312. The molecule has 0 aromatic carbocycles. The van der Waals surface area contributed by atoms with Gasteiger partial charge in [0.2, 0.25) is 0 Å². The average Bonchev–Trinajstić information content (AvgIpc) is 3.52. The lowest BCUT2D eigenvalue weighted by atomic mass is 9.91. The number of anilines is 1. The Hall–Kier alpha value is -2.47. The fraction of sp³-hybridized carbons (Fsp3) is 0.536. The molecule has 0 bridgehead atoms. The Morgan fingerprint density at radius 2 is 1.62 bits per heavy atom. The highest BCUT2D eigenvalue weighted by Crippen LogP contribution is 2.39. The van der Waals surface area contributed by atoms with Gasteiger partial charge in [-0.1, -0.05) is 90.0 Å². The number of thiazole rings is 1. The van der Waals surface area contributed by atoms with Crippen molar-refractivity contribution in [1.82, 2.24) is 9.97 Å². The fourth-order valence-corrected chi connectivity index (χ4v) is 5.41. The van der Waals surface area contributed by atoms with E-state index in [1.807, 2.05) is 24.3 Å². The number of nitrogens with zero attached hydrogens (tertiary/aromatic N) is 2. The van der Waals surface area contributed by atoms with Crippen molar-refractivity contribution >= 4 is 22.3 Å². The Kier molecular flexibility index (Phi) is 11.3. The molecular formula is C28H39N3O2S. The summed E-state index contributed by atoms with van der Waals surface area (Å²) in [5, 5.41) is 0.454. The molecule has 5 nitrogen and oxygen atoms in total. The van der Waals surface area contributed by atoms with Crippen LogP contribution in [-0.4, -0.2) is 15.8 Å². The van der Waals surface area contributed by atoms with Crippen molar-refractivity contribution in [1.29, 1.82) is 0 Å². The molecule has 0 spiro atoms. The van der Waals surface area contributed by atoms with E-state index in [4.69, 9.17) is 10.2 Å². The molecule has 0 aliphatic heterocycles. The zero-order valence-corrected chi connectivity index (χ0v) is 21.3. The van der Waals surface area contributed by atoms with E-state index in [9.17, 15) is 4.79 Å². The molecular weight excluding hydrogens is 442 g/mol. The predicted octanol–water partition coefficient (Wildman–Crippen LogP) is 8.44. The minimum Gasteiger partial charge on any atom is -0.463 e. The van der Waals surface area contributed by atoms with Crippen molar-refractivity contribution in [3.8, 4) is 11.5 Å². The monoisotopic (exact) mass is 481 g/mol. The second kappa shape index (κ2) is 14.7. The molecule has 0 amide bonds. The molecule has 3 aromatic heterocycles. The van der Waals surface area contributed by atoms with Crippen LogP contribution in [-0.2, 0) is 0 Å². The van der Waals surface area contributed by atoms with E-state index in [0.29, 0.717) is 22.3 Å². The quantitative estimate of drug-likeness (QED) is 0.154. The van der Waals surface area contributed by atoms with Crippen LogP contribution in [0.15, 0.2) is 47.2 Å². The smallest absolute Gasteiger partial charge is 0.189 e. The molecule has 3 aromatic rings. The summed E-state index contributed by atoms with van der Waals surface area (Å²) in [5.74, 6) is 0.365. The highest BCUT2D eigenvalue weighted by molar-refractivity contribution is 7.16. The summed E-state index contributed by atoms with van der Waals surface area (Å²) in [5.41, 5.74) is 7.24. The van der Waals surface area contributed by atoms with Crippen LogP contribution in [0.1, 0.15) is 112 Å². The number of rotatable bonds is 17. The van der Waals surface area contributed by atoms with E-state index in [1.165, 1.54) is 75.5 Å². The number of furan rings is 1. The second-order valence-electron chi connectivity index (χ2n) is 9.05. The van der Waals surface area contributed by atoms with Crippen molar-refractivity contribution < 1.29 is 9.21 Å². The SMILES string of the molecule is CCCCCCCCCCCCCCC(C(=O)c1ccccn1)c1sc(N)nc1-c1ccco1. The number of Topliss-reactive ketones (excluding diaryl/α,β-unsaturated/α-hetero) is 1.